The van der Waals surface area contributed by atoms with E-state index >= 15 is 0 Å². The molecule has 98 valence electrons. The van der Waals surface area contributed by atoms with Gasteiger partial charge in [-0.2, -0.15) is 0 Å². The first-order valence-electron chi connectivity index (χ1n) is 6.22. The van der Waals surface area contributed by atoms with Crippen LogP contribution in [0, 0.1) is 0 Å². The first kappa shape index (κ1) is 11.8. The number of rotatable bonds is 3. The molecule has 3 heterocycles. The minimum atomic E-state index is -0.457. The highest BCUT2D eigenvalue weighted by molar-refractivity contribution is 5.57. The Morgan fingerprint density at radius 1 is 1.26 bits per heavy atom. The quantitative estimate of drug-likeness (QED) is 0.848. The Hall–Kier alpha value is -2.30. The molecule has 5 nitrogen and oxygen atoms in total. The van der Waals surface area contributed by atoms with E-state index in [1.807, 2.05) is 36.1 Å². The number of aromatic nitrogens is 3. The maximum Gasteiger partial charge on any atom is 0.299 e. The van der Waals surface area contributed by atoms with Gasteiger partial charge in [-0.3, -0.25) is 4.98 Å². The van der Waals surface area contributed by atoms with E-state index in [1.54, 1.807) is 0 Å². The molecular formula is C14H15N3O2. The fraction of sp³-hybridized carbons (Fsp3) is 0.286. The Kier molecular flexibility index (Phi) is 2.95. The number of nitrogens with zero attached hydrogens (tertiary/aromatic N) is 3. The van der Waals surface area contributed by atoms with Gasteiger partial charge in [0.15, 0.2) is 5.82 Å². The maximum absolute atomic E-state index is 5.30. The van der Waals surface area contributed by atoms with Crippen molar-refractivity contribution in [2.75, 3.05) is 0 Å². The number of imidazole rings is 1. The summed E-state index contributed by atoms with van der Waals surface area (Å²) in [6, 6.07) is 4.06. The molecule has 1 aliphatic heterocycles. The van der Waals surface area contributed by atoms with E-state index < -0.39 is 6.29 Å². The number of hydrogen-bond donors (Lipinski definition) is 0. The summed E-state index contributed by atoms with van der Waals surface area (Å²) < 4.78 is 12.5. The van der Waals surface area contributed by atoms with Crippen LogP contribution in [0.1, 0.15) is 24.7 Å². The van der Waals surface area contributed by atoms with Gasteiger partial charge >= 0.3 is 0 Å². The van der Waals surface area contributed by atoms with E-state index in [4.69, 9.17) is 9.47 Å². The van der Waals surface area contributed by atoms with Crippen molar-refractivity contribution in [3.63, 3.8) is 0 Å². The van der Waals surface area contributed by atoms with Crippen molar-refractivity contribution in [3.05, 3.63) is 48.6 Å². The first-order chi connectivity index (χ1) is 9.28. The predicted molar refractivity (Wildman–Crippen MR) is 69.9 cm³/mol. The fourth-order valence-electron chi connectivity index (χ4n) is 1.98. The maximum atomic E-state index is 5.30. The van der Waals surface area contributed by atoms with Crippen LogP contribution in [0.2, 0.25) is 0 Å². The lowest BCUT2D eigenvalue weighted by Gasteiger charge is -2.08. The summed E-state index contributed by atoms with van der Waals surface area (Å²) in [6.45, 7) is 2.09. The van der Waals surface area contributed by atoms with Crippen molar-refractivity contribution in [2.45, 2.75) is 19.6 Å². The number of hydrogen-bond acceptors (Lipinski definition) is 4. The summed E-state index contributed by atoms with van der Waals surface area (Å²) in [7, 11) is 1.92. The molecule has 0 fully saturated rings. The Labute approximate surface area is 111 Å². The van der Waals surface area contributed by atoms with Crippen LogP contribution < -0.4 is 0 Å². The first-order valence-corrected chi connectivity index (χ1v) is 6.22. The molecule has 0 spiro atoms. The summed E-state index contributed by atoms with van der Waals surface area (Å²) in [5.41, 5.74) is 2.93. The summed E-state index contributed by atoms with van der Waals surface area (Å²) in [6.07, 6.45) is 7.32. The highest BCUT2D eigenvalue weighted by Gasteiger charge is 2.22. The van der Waals surface area contributed by atoms with Gasteiger partial charge in [0.1, 0.15) is 12.5 Å². The fourth-order valence-corrected chi connectivity index (χ4v) is 1.98. The Bertz CT molecular complexity index is 594. The summed E-state index contributed by atoms with van der Waals surface area (Å²) in [5.74, 6) is 0.736. The minimum Gasteiger partial charge on any atom is -0.452 e. The van der Waals surface area contributed by atoms with Crippen LogP contribution in [-0.2, 0) is 22.9 Å². The van der Waals surface area contributed by atoms with Crippen LogP contribution in [0.4, 0.5) is 0 Å². The molecule has 0 aliphatic carbocycles. The molecule has 0 atom stereocenters. The predicted octanol–water partition coefficient (Wildman–Crippen LogP) is 2.56. The molecule has 19 heavy (non-hydrogen) atoms. The van der Waals surface area contributed by atoms with Crippen molar-refractivity contribution >= 4 is 0 Å². The second kappa shape index (κ2) is 4.76. The molecule has 0 N–H and O–H groups in total. The lowest BCUT2D eigenvalue weighted by Crippen LogP contribution is -2.05. The topological polar surface area (TPSA) is 49.2 Å². The molecule has 0 unspecified atom stereocenters. The molecule has 3 rings (SSSR count). The lowest BCUT2D eigenvalue weighted by atomic mass is 10.2. The van der Waals surface area contributed by atoms with Crippen molar-refractivity contribution < 1.29 is 9.47 Å². The second-order valence-electron chi connectivity index (χ2n) is 4.36. The summed E-state index contributed by atoms with van der Waals surface area (Å²) in [4.78, 5) is 8.94. The van der Waals surface area contributed by atoms with Crippen LogP contribution in [0.5, 0.6) is 0 Å². The average Bonchev–Trinajstić information content (AvgIpc) is 3.08. The minimum absolute atomic E-state index is 0.457. The van der Waals surface area contributed by atoms with Crippen LogP contribution in [-0.4, -0.2) is 14.5 Å². The second-order valence-corrected chi connectivity index (χ2v) is 4.36. The van der Waals surface area contributed by atoms with Crippen LogP contribution in [0.25, 0.3) is 11.3 Å². The Morgan fingerprint density at radius 2 is 2.05 bits per heavy atom. The summed E-state index contributed by atoms with van der Waals surface area (Å²) >= 11 is 0. The zero-order chi connectivity index (χ0) is 13.2. The lowest BCUT2D eigenvalue weighted by molar-refractivity contribution is -0.0333. The molecule has 2 aromatic rings. The third-order valence-corrected chi connectivity index (χ3v) is 3.07. The van der Waals surface area contributed by atoms with Crippen LogP contribution in [0.15, 0.2) is 37.1 Å². The van der Waals surface area contributed by atoms with Gasteiger partial charge < -0.3 is 14.0 Å². The molecule has 1 aliphatic rings. The number of ether oxygens (including phenoxy) is 2. The van der Waals surface area contributed by atoms with Gasteiger partial charge in [0.2, 0.25) is 0 Å². The van der Waals surface area contributed by atoms with E-state index in [2.05, 4.69) is 16.9 Å². The van der Waals surface area contributed by atoms with Crippen LogP contribution >= 0.6 is 0 Å². The molecule has 0 saturated carbocycles. The van der Waals surface area contributed by atoms with Gasteiger partial charge in [-0.15, -0.1) is 0 Å². The largest absolute Gasteiger partial charge is 0.452 e. The SMILES string of the molecule is CCc1ccc(-c2cn(C)c(C3OC=CO3)n2)cn1. The molecular weight excluding hydrogens is 242 g/mol. The van der Waals surface area contributed by atoms with Gasteiger partial charge in [-0.1, -0.05) is 6.92 Å². The summed E-state index contributed by atoms with van der Waals surface area (Å²) in [5, 5.41) is 0. The van der Waals surface area contributed by atoms with Crippen molar-refractivity contribution in [1.29, 1.82) is 0 Å². The monoisotopic (exact) mass is 257 g/mol. The number of aryl methyl sites for hydroxylation is 2. The normalized spacial score (nSPS) is 14.4. The van der Waals surface area contributed by atoms with E-state index in [9.17, 15) is 0 Å². The third-order valence-electron chi connectivity index (χ3n) is 3.07. The van der Waals surface area contributed by atoms with Gasteiger partial charge in [-0.25, -0.2) is 4.98 Å². The van der Waals surface area contributed by atoms with Gasteiger partial charge in [0.25, 0.3) is 6.29 Å². The van der Waals surface area contributed by atoms with Crippen LogP contribution in [0.3, 0.4) is 0 Å². The molecule has 0 aromatic carbocycles. The molecule has 0 bridgehead atoms. The van der Waals surface area contributed by atoms with Crippen molar-refractivity contribution in [2.24, 2.45) is 7.05 Å². The molecule has 0 radical (unpaired) electrons. The van der Waals surface area contributed by atoms with E-state index in [0.717, 1.165) is 29.2 Å². The highest BCUT2D eigenvalue weighted by Crippen LogP contribution is 2.26. The van der Waals surface area contributed by atoms with Crippen molar-refractivity contribution in [3.8, 4) is 11.3 Å². The molecule has 0 amide bonds. The van der Waals surface area contributed by atoms with Gasteiger partial charge in [0.05, 0.1) is 5.69 Å². The number of pyridine rings is 1. The highest BCUT2D eigenvalue weighted by atomic mass is 16.7. The van der Waals surface area contributed by atoms with E-state index in [-0.39, 0.29) is 0 Å². The third kappa shape index (κ3) is 2.19. The Morgan fingerprint density at radius 3 is 2.68 bits per heavy atom. The Balaban J connectivity index is 1.90. The van der Waals surface area contributed by atoms with Gasteiger partial charge in [0, 0.05) is 30.7 Å². The molecule has 0 saturated heterocycles. The van der Waals surface area contributed by atoms with E-state index in [1.165, 1.54) is 12.5 Å². The molecule has 2 aromatic heterocycles. The standard InChI is InChI=1S/C14H15N3O2/c1-3-11-5-4-10(8-15-11)12-9-17(2)13(16-12)14-18-6-7-19-14/h4-9,14H,3H2,1-2H3. The zero-order valence-electron chi connectivity index (χ0n) is 10.9. The van der Waals surface area contributed by atoms with Crippen molar-refractivity contribution in [1.82, 2.24) is 14.5 Å². The smallest absolute Gasteiger partial charge is 0.299 e. The van der Waals surface area contributed by atoms with Gasteiger partial charge in [-0.05, 0) is 18.6 Å². The molecule has 5 heteroatoms. The van der Waals surface area contributed by atoms with E-state index in [0.29, 0.717) is 0 Å². The zero-order valence-corrected chi connectivity index (χ0v) is 10.9. The average molecular weight is 257 g/mol.